The lowest BCUT2D eigenvalue weighted by Crippen LogP contribution is -2.42. The normalized spacial score (nSPS) is 30.4. The third-order valence-electron chi connectivity index (χ3n) is 3.34. The molecule has 0 spiro atoms. The molecule has 0 bridgehead atoms. The molecule has 2 rings (SSSR count). The van der Waals surface area contributed by atoms with Crippen LogP contribution in [0.3, 0.4) is 0 Å². The fourth-order valence-corrected chi connectivity index (χ4v) is 2.14. The number of β-amino-alcohol motifs (C(OH)–C–C–N with tert-alkyl or cyclic N) is 1. The largest absolute Gasteiger partial charge is 0.389 e. The van der Waals surface area contributed by atoms with Gasteiger partial charge in [0, 0.05) is 25.2 Å². The van der Waals surface area contributed by atoms with Crippen LogP contribution in [0.15, 0.2) is 30.3 Å². The number of hydrogen-bond acceptors (Lipinski definition) is 4. The maximum Gasteiger partial charge on any atom is 0.0976 e. The highest BCUT2D eigenvalue weighted by Gasteiger charge is 2.32. The molecule has 17 heavy (non-hydrogen) atoms. The van der Waals surface area contributed by atoms with Gasteiger partial charge in [-0.1, -0.05) is 30.3 Å². The van der Waals surface area contributed by atoms with E-state index in [1.807, 2.05) is 18.2 Å². The molecule has 4 heteroatoms. The molecule has 0 aliphatic carbocycles. The van der Waals surface area contributed by atoms with Crippen LogP contribution in [-0.2, 0) is 0 Å². The van der Waals surface area contributed by atoms with Crippen molar-refractivity contribution in [1.82, 2.24) is 10.6 Å². The molecule has 0 aromatic heterocycles. The van der Waals surface area contributed by atoms with Crippen molar-refractivity contribution in [2.75, 3.05) is 13.1 Å². The van der Waals surface area contributed by atoms with Gasteiger partial charge in [-0.2, -0.15) is 0 Å². The van der Waals surface area contributed by atoms with E-state index in [1.54, 1.807) is 0 Å². The Kier molecular flexibility index (Phi) is 4.12. The van der Waals surface area contributed by atoms with Gasteiger partial charge in [-0.3, -0.25) is 0 Å². The summed E-state index contributed by atoms with van der Waals surface area (Å²) < 4.78 is 0. The lowest BCUT2D eigenvalue weighted by atomic mass is 10.1. The molecule has 1 fully saturated rings. The molecule has 4 nitrogen and oxygen atoms in total. The average Bonchev–Trinajstić information content (AvgIpc) is 2.68. The molecule has 0 unspecified atom stereocenters. The minimum atomic E-state index is -0.675. The number of benzene rings is 1. The first kappa shape index (κ1) is 12.5. The van der Waals surface area contributed by atoms with Crippen LogP contribution >= 0.6 is 0 Å². The van der Waals surface area contributed by atoms with Crippen LogP contribution in [0.5, 0.6) is 0 Å². The lowest BCUT2D eigenvalue weighted by Gasteiger charge is -2.20. The minimum Gasteiger partial charge on any atom is -0.389 e. The van der Waals surface area contributed by atoms with Gasteiger partial charge in [0.25, 0.3) is 0 Å². The molecule has 1 aliphatic rings. The lowest BCUT2D eigenvalue weighted by molar-refractivity contribution is 0.0404. The van der Waals surface area contributed by atoms with Gasteiger partial charge in [0.2, 0.25) is 0 Å². The summed E-state index contributed by atoms with van der Waals surface area (Å²) in [6.07, 6.45) is -1.32. The highest BCUT2D eigenvalue weighted by molar-refractivity contribution is 5.18. The van der Waals surface area contributed by atoms with E-state index in [2.05, 4.69) is 29.7 Å². The van der Waals surface area contributed by atoms with Crippen molar-refractivity contribution in [3.63, 3.8) is 0 Å². The van der Waals surface area contributed by atoms with Crippen molar-refractivity contribution < 1.29 is 10.2 Å². The van der Waals surface area contributed by atoms with Crippen LogP contribution in [-0.4, -0.2) is 41.6 Å². The summed E-state index contributed by atoms with van der Waals surface area (Å²) in [5.74, 6) is 0. The van der Waals surface area contributed by atoms with Crippen molar-refractivity contribution >= 4 is 0 Å². The summed E-state index contributed by atoms with van der Waals surface area (Å²) in [6.45, 7) is 3.20. The van der Waals surface area contributed by atoms with Crippen molar-refractivity contribution in [2.45, 2.75) is 31.2 Å². The van der Waals surface area contributed by atoms with Gasteiger partial charge in [-0.05, 0) is 12.5 Å². The molecule has 1 aromatic carbocycles. The molecule has 0 amide bonds. The van der Waals surface area contributed by atoms with E-state index in [-0.39, 0.29) is 12.1 Å². The summed E-state index contributed by atoms with van der Waals surface area (Å²) in [5.41, 5.74) is 1.22. The predicted molar refractivity (Wildman–Crippen MR) is 66.7 cm³/mol. The zero-order valence-electron chi connectivity index (χ0n) is 10.0. The maximum atomic E-state index is 9.69. The van der Waals surface area contributed by atoms with Gasteiger partial charge in [0.15, 0.2) is 0 Å². The fraction of sp³-hybridized carbons (Fsp3) is 0.538. The minimum absolute atomic E-state index is 0.0730. The average molecular weight is 236 g/mol. The Bertz CT molecular complexity index is 345. The van der Waals surface area contributed by atoms with Crippen molar-refractivity contribution in [1.29, 1.82) is 0 Å². The second-order valence-electron chi connectivity index (χ2n) is 4.61. The van der Waals surface area contributed by atoms with Gasteiger partial charge < -0.3 is 20.8 Å². The van der Waals surface area contributed by atoms with E-state index in [0.717, 1.165) is 0 Å². The Morgan fingerprint density at radius 3 is 2.65 bits per heavy atom. The summed E-state index contributed by atoms with van der Waals surface area (Å²) in [5, 5.41) is 25.6. The third-order valence-corrected chi connectivity index (χ3v) is 3.34. The van der Waals surface area contributed by atoms with E-state index in [1.165, 1.54) is 5.56 Å². The van der Waals surface area contributed by atoms with Gasteiger partial charge >= 0.3 is 0 Å². The standard InChI is InChI=1S/C13H20N2O2/c1-9(10-5-3-2-4-6-10)14-7-11-13(17)12(16)8-15-11/h2-6,9,11-17H,7-8H2,1H3/t9-,11-,12+,13-/m1/s1. The Morgan fingerprint density at radius 1 is 1.35 bits per heavy atom. The van der Waals surface area contributed by atoms with Crippen LogP contribution in [0, 0.1) is 0 Å². The van der Waals surface area contributed by atoms with Gasteiger partial charge in [-0.25, -0.2) is 0 Å². The van der Waals surface area contributed by atoms with E-state index in [9.17, 15) is 10.2 Å². The molecular formula is C13H20N2O2. The second-order valence-corrected chi connectivity index (χ2v) is 4.61. The number of aliphatic hydroxyl groups excluding tert-OH is 2. The molecule has 4 atom stereocenters. The van der Waals surface area contributed by atoms with Crippen LogP contribution in [0.25, 0.3) is 0 Å². The predicted octanol–water partition coefficient (Wildman–Crippen LogP) is 0.0308. The Hall–Kier alpha value is -0.940. The SMILES string of the molecule is C[C@@H](NC[C@H]1NC[C@H](O)[C@@H]1O)c1ccccc1. The number of nitrogens with one attached hydrogen (secondary N) is 2. The van der Waals surface area contributed by atoms with Gasteiger partial charge in [0.05, 0.1) is 12.2 Å². The molecule has 94 valence electrons. The molecule has 0 radical (unpaired) electrons. The first-order valence-corrected chi connectivity index (χ1v) is 6.06. The molecule has 4 N–H and O–H groups in total. The van der Waals surface area contributed by atoms with Crippen LogP contribution in [0.1, 0.15) is 18.5 Å². The molecular weight excluding hydrogens is 216 g/mol. The first-order valence-electron chi connectivity index (χ1n) is 6.06. The van der Waals surface area contributed by atoms with E-state index < -0.39 is 12.2 Å². The summed E-state index contributed by atoms with van der Waals surface area (Å²) in [4.78, 5) is 0. The summed E-state index contributed by atoms with van der Waals surface area (Å²) in [6, 6.07) is 10.3. The first-order chi connectivity index (χ1) is 8.18. The van der Waals surface area contributed by atoms with Gasteiger partial charge in [0.1, 0.15) is 0 Å². The van der Waals surface area contributed by atoms with E-state index >= 15 is 0 Å². The monoisotopic (exact) mass is 236 g/mol. The maximum absolute atomic E-state index is 9.69. The van der Waals surface area contributed by atoms with Crippen LogP contribution in [0.4, 0.5) is 0 Å². The van der Waals surface area contributed by atoms with Crippen LogP contribution < -0.4 is 10.6 Å². The third kappa shape index (κ3) is 3.04. The quantitative estimate of drug-likeness (QED) is 0.595. The Morgan fingerprint density at radius 2 is 2.06 bits per heavy atom. The van der Waals surface area contributed by atoms with Crippen molar-refractivity contribution in [3.8, 4) is 0 Å². The smallest absolute Gasteiger partial charge is 0.0976 e. The highest BCUT2D eigenvalue weighted by atomic mass is 16.3. The second kappa shape index (κ2) is 5.60. The molecule has 1 aromatic rings. The zero-order chi connectivity index (χ0) is 12.3. The number of rotatable bonds is 4. The number of aliphatic hydroxyl groups is 2. The van der Waals surface area contributed by atoms with E-state index in [0.29, 0.717) is 13.1 Å². The topological polar surface area (TPSA) is 64.5 Å². The summed E-state index contributed by atoms with van der Waals surface area (Å²) >= 11 is 0. The van der Waals surface area contributed by atoms with Gasteiger partial charge in [-0.15, -0.1) is 0 Å². The highest BCUT2D eigenvalue weighted by Crippen LogP contribution is 2.12. The van der Waals surface area contributed by atoms with E-state index in [4.69, 9.17) is 0 Å². The van der Waals surface area contributed by atoms with Crippen LogP contribution in [0.2, 0.25) is 0 Å². The molecule has 0 saturated carbocycles. The Balaban J connectivity index is 1.83. The molecule has 1 heterocycles. The molecule has 1 aliphatic heterocycles. The Labute approximate surface area is 102 Å². The number of hydrogen-bond donors (Lipinski definition) is 4. The van der Waals surface area contributed by atoms with Crippen molar-refractivity contribution in [2.24, 2.45) is 0 Å². The van der Waals surface area contributed by atoms with Crippen molar-refractivity contribution in [3.05, 3.63) is 35.9 Å². The fourth-order valence-electron chi connectivity index (χ4n) is 2.14. The zero-order valence-corrected chi connectivity index (χ0v) is 10.0. The molecule has 1 saturated heterocycles. The summed E-state index contributed by atoms with van der Waals surface area (Å²) in [7, 11) is 0.